The lowest BCUT2D eigenvalue weighted by atomic mass is 9.91. The summed E-state index contributed by atoms with van der Waals surface area (Å²) in [5.74, 6) is -8.25. The van der Waals surface area contributed by atoms with Crippen molar-refractivity contribution < 1.29 is 26.7 Å². The van der Waals surface area contributed by atoms with Gasteiger partial charge >= 0.3 is 0 Å². The van der Waals surface area contributed by atoms with Crippen LogP contribution in [0.2, 0.25) is 0 Å². The van der Waals surface area contributed by atoms with Gasteiger partial charge in [0, 0.05) is 29.0 Å². The Hall–Kier alpha value is -2.44. The lowest BCUT2D eigenvalue weighted by Gasteiger charge is -2.28. The van der Waals surface area contributed by atoms with E-state index in [0.29, 0.717) is 0 Å². The molecule has 156 valence electrons. The molecule has 1 fully saturated rings. The number of carbonyl (C=O) groups is 1. The molecule has 7 heteroatoms. The van der Waals surface area contributed by atoms with Crippen molar-refractivity contribution in [3.63, 3.8) is 0 Å². The zero-order valence-corrected chi connectivity index (χ0v) is 16.4. The lowest BCUT2D eigenvalue weighted by molar-refractivity contribution is -0.136. The van der Waals surface area contributed by atoms with Crippen LogP contribution < -0.4 is 0 Å². The van der Waals surface area contributed by atoms with Gasteiger partial charge in [0.05, 0.1) is 6.54 Å². The summed E-state index contributed by atoms with van der Waals surface area (Å²) in [6.45, 7) is 3.87. The van der Waals surface area contributed by atoms with Crippen LogP contribution in [-0.4, -0.2) is 29.3 Å². The van der Waals surface area contributed by atoms with Crippen LogP contribution in [0.5, 0.6) is 0 Å². The normalized spacial score (nSPS) is 21.1. The monoisotopic (exact) mass is 411 g/mol. The van der Waals surface area contributed by atoms with E-state index in [1.807, 2.05) is 0 Å². The highest BCUT2D eigenvalue weighted by molar-refractivity contribution is 5.79. The second-order valence-corrected chi connectivity index (χ2v) is 7.82. The highest BCUT2D eigenvalue weighted by Crippen LogP contribution is 2.40. The number of hydrogen-bond acceptors (Lipinski definition) is 1. The SMILES string of the molecule is CC(C)C(=O)N1CC(F)(F)[C@H](C)[C@@H]1Cc1cccc(-c2cccc(F)c2F)c1F. The number of carbonyl (C=O) groups excluding carboxylic acids is 1. The minimum atomic E-state index is -3.09. The van der Waals surface area contributed by atoms with Gasteiger partial charge in [0.2, 0.25) is 5.91 Å². The highest BCUT2D eigenvalue weighted by Gasteiger charge is 2.53. The fraction of sp³-hybridized carbons (Fsp3) is 0.409. The average Bonchev–Trinajstić information content (AvgIpc) is 2.88. The van der Waals surface area contributed by atoms with E-state index in [2.05, 4.69) is 0 Å². The summed E-state index contributed by atoms with van der Waals surface area (Å²) in [6.07, 6.45) is -0.147. The summed E-state index contributed by atoms with van der Waals surface area (Å²) in [5, 5.41) is 0. The average molecular weight is 411 g/mol. The molecule has 2 atom stereocenters. The number of rotatable bonds is 4. The predicted molar refractivity (Wildman–Crippen MR) is 99.9 cm³/mol. The first kappa shape index (κ1) is 21.3. The Labute approximate surface area is 166 Å². The van der Waals surface area contributed by atoms with Gasteiger partial charge in [-0.25, -0.2) is 22.0 Å². The van der Waals surface area contributed by atoms with E-state index < -0.39 is 53.7 Å². The summed E-state index contributed by atoms with van der Waals surface area (Å²) in [6, 6.07) is 6.73. The van der Waals surface area contributed by atoms with Crippen LogP contribution in [0.25, 0.3) is 11.1 Å². The minimum Gasteiger partial charge on any atom is -0.333 e. The molecule has 2 aromatic rings. The van der Waals surface area contributed by atoms with E-state index in [0.717, 1.165) is 11.0 Å². The van der Waals surface area contributed by atoms with E-state index in [1.54, 1.807) is 13.8 Å². The quantitative estimate of drug-likeness (QED) is 0.613. The van der Waals surface area contributed by atoms with E-state index in [4.69, 9.17) is 0 Å². The van der Waals surface area contributed by atoms with Crippen molar-refractivity contribution in [3.05, 3.63) is 59.4 Å². The summed E-state index contributed by atoms with van der Waals surface area (Å²) in [5.41, 5.74) is -0.329. The second kappa shape index (κ2) is 7.76. The summed E-state index contributed by atoms with van der Waals surface area (Å²) >= 11 is 0. The first-order valence-electron chi connectivity index (χ1n) is 9.44. The smallest absolute Gasteiger partial charge is 0.269 e. The largest absolute Gasteiger partial charge is 0.333 e. The molecular formula is C22H22F5NO. The van der Waals surface area contributed by atoms with Gasteiger partial charge in [-0.15, -0.1) is 0 Å². The number of hydrogen-bond donors (Lipinski definition) is 0. The minimum absolute atomic E-state index is 0.0715. The molecule has 1 aliphatic rings. The maximum atomic E-state index is 15.1. The van der Waals surface area contributed by atoms with Gasteiger partial charge in [0.1, 0.15) is 5.82 Å². The van der Waals surface area contributed by atoms with Crippen LogP contribution >= 0.6 is 0 Å². The van der Waals surface area contributed by atoms with E-state index >= 15 is 4.39 Å². The highest BCUT2D eigenvalue weighted by atomic mass is 19.3. The van der Waals surface area contributed by atoms with Crippen LogP contribution in [0.3, 0.4) is 0 Å². The number of halogens is 5. The summed E-state index contributed by atoms with van der Waals surface area (Å²) in [7, 11) is 0. The van der Waals surface area contributed by atoms with Gasteiger partial charge in [-0.3, -0.25) is 4.79 Å². The Morgan fingerprint density at radius 1 is 1.07 bits per heavy atom. The molecule has 0 bridgehead atoms. The first-order valence-corrected chi connectivity index (χ1v) is 9.44. The van der Waals surface area contributed by atoms with Gasteiger partial charge in [0.25, 0.3) is 5.92 Å². The lowest BCUT2D eigenvalue weighted by Crippen LogP contribution is -2.41. The van der Waals surface area contributed by atoms with E-state index in [-0.39, 0.29) is 23.1 Å². The molecule has 1 amide bonds. The third kappa shape index (κ3) is 3.87. The number of alkyl halides is 2. The Kier molecular flexibility index (Phi) is 5.70. The Morgan fingerprint density at radius 3 is 2.28 bits per heavy atom. The Morgan fingerprint density at radius 2 is 1.66 bits per heavy atom. The molecule has 0 saturated carbocycles. The molecule has 2 aromatic carbocycles. The van der Waals surface area contributed by atoms with Crippen LogP contribution in [0.15, 0.2) is 36.4 Å². The molecule has 1 heterocycles. The predicted octanol–water partition coefficient (Wildman–Crippen LogP) is 5.45. The molecule has 0 spiro atoms. The Balaban J connectivity index is 1.99. The van der Waals surface area contributed by atoms with Gasteiger partial charge in [-0.2, -0.15) is 0 Å². The molecule has 0 N–H and O–H groups in total. The van der Waals surface area contributed by atoms with Gasteiger partial charge < -0.3 is 4.90 Å². The first-order chi connectivity index (χ1) is 13.5. The maximum Gasteiger partial charge on any atom is 0.269 e. The molecule has 29 heavy (non-hydrogen) atoms. The molecule has 0 aliphatic carbocycles. The van der Waals surface area contributed by atoms with Gasteiger partial charge in [0.15, 0.2) is 11.6 Å². The van der Waals surface area contributed by atoms with Crippen molar-refractivity contribution >= 4 is 5.91 Å². The zero-order valence-electron chi connectivity index (χ0n) is 16.4. The van der Waals surface area contributed by atoms with Crippen molar-refractivity contribution in [1.29, 1.82) is 0 Å². The standard InChI is InChI=1S/C22H22F5NO/c1-12(2)21(29)28-11-22(26,27)13(3)18(28)10-14-6-4-7-15(19(14)24)16-8-5-9-17(23)20(16)25/h4-9,12-13,18H,10-11H2,1-3H3/t13-,18+/m1/s1. The molecule has 1 aliphatic heterocycles. The third-order valence-electron chi connectivity index (χ3n) is 5.55. The third-order valence-corrected chi connectivity index (χ3v) is 5.55. The fourth-order valence-electron chi connectivity index (χ4n) is 3.78. The van der Waals surface area contributed by atoms with Crippen LogP contribution in [-0.2, 0) is 11.2 Å². The van der Waals surface area contributed by atoms with Crippen molar-refractivity contribution in [3.8, 4) is 11.1 Å². The topological polar surface area (TPSA) is 20.3 Å². The summed E-state index contributed by atoms with van der Waals surface area (Å²) < 4.78 is 71.5. The molecule has 0 unspecified atom stereocenters. The van der Waals surface area contributed by atoms with Gasteiger partial charge in [-0.1, -0.05) is 51.1 Å². The maximum absolute atomic E-state index is 15.1. The van der Waals surface area contributed by atoms with Crippen molar-refractivity contribution in [1.82, 2.24) is 4.90 Å². The van der Waals surface area contributed by atoms with Gasteiger partial charge in [-0.05, 0) is 18.1 Å². The van der Waals surface area contributed by atoms with Crippen LogP contribution in [0.4, 0.5) is 22.0 Å². The van der Waals surface area contributed by atoms with Crippen molar-refractivity contribution in [2.24, 2.45) is 11.8 Å². The number of benzene rings is 2. The molecule has 0 radical (unpaired) electrons. The molecular weight excluding hydrogens is 389 g/mol. The summed E-state index contributed by atoms with van der Waals surface area (Å²) in [4.78, 5) is 13.6. The zero-order chi connectivity index (χ0) is 21.5. The van der Waals surface area contributed by atoms with Crippen LogP contribution in [0, 0.1) is 29.3 Å². The van der Waals surface area contributed by atoms with Crippen molar-refractivity contribution in [2.75, 3.05) is 6.54 Å². The fourth-order valence-corrected chi connectivity index (χ4v) is 3.78. The molecule has 1 saturated heterocycles. The van der Waals surface area contributed by atoms with Crippen molar-refractivity contribution in [2.45, 2.75) is 39.2 Å². The van der Waals surface area contributed by atoms with E-state index in [1.165, 1.54) is 37.3 Å². The van der Waals surface area contributed by atoms with Crippen LogP contribution in [0.1, 0.15) is 26.3 Å². The molecule has 0 aromatic heterocycles. The number of amides is 1. The van der Waals surface area contributed by atoms with E-state index in [9.17, 15) is 22.4 Å². The number of nitrogens with zero attached hydrogens (tertiary/aromatic N) is 1. The Bertz CT molecular complexity index is 927. The number of likely N-dealkylation sites (tertiary alicyclic amines) is 1. The molecule has 3 rings (SSSR count). The molecule has 2 nitrogen and oxygen atoms in total. The second-order valence-electron chi connectivity index (χ2n) is 7.82.